The molecule has 0 radical (unpaired) electrons. The first kappa shape index (κ1) is 13.8. The predicted molar refractivity (Wildman–Crippen MR) is 79.5 cm³/mol. The first-order valence-electron chi connectivity index (χ1n) is 5.96. The van der Waals surface area contributed by atoms with E-state index >= 15 is 0 Å². The van der Waals surface area contributed by atoms with E-state index in [9.17, 15) is 4.79 Å². The smallest absolute Gasteiger partial charge is 0.160 e. The van der Waals surface area contributed by atoms with Gasteiger partial charge < -0.3 is 4.90 Å². The van der Waals surface area contributed by atoms with Gasteiger partial charge in [-0.15, -0.1) is 0 Å². The van der Waals surface area contributed by atoms with Gasteiger partial charge in [-0.3, -0.25) is 9.48 Å². The minimum atomic E-state index is 0.0633. The Morgan fingerprint density at radius 3 is 2.74 bits per heavy atom. The van der Waals surface area contributed by atoms with Crippen LogP contribution in [0.5, 0.6) is 0 Å². The second-order valence-electron chi connectivity index (χ2n) is 4.60. The minimum Gasteiger partial charge on any atom is -0.370 e. The van der Waals surface area contributed by atoms with E-state index in [0.29, 0.717) is 5.56 Å². The highest BCUT2D eigenvalue weighted by atomic mass is 79.9. The summed E-state index contributed by atoms with van der Waals surface area (Å²) in [5, 5.41) is 4.15. The van der Waals surface area contributed by atoms with Crippen molar-refractivity contribution in [3.8, 4) is 0 Å². The number of ketones is 1. The standard InChI is InChI=1S/C14H16BrN3O/c1-10(19)13-5-4-12(6-14(13)15)17(2)8-11-7-16-18(3)9-11/h4-7,9H,8H2,1-3H3. The van der Waals surface area contributed by atoms with Crippen LogP contribution in [0.2, 0.25) is 0 Å². The van der Waals surface area contributed by atoms with E-state index in [1.54, 1.807) is 11.6 Å². The normalized spacial score (nSPS) is 10.5. The number of hydrogen-bond donors (Lipinski definition) is 0. The van der Waals surface area contributed by atoms with Gasteiger partial charge in [-0.1, -0.05) is 0 Å². The van der Waals surface area contributed by atoms with E-state index in [2.05, 4.69) is 25.9 Å². The molecule has 0 spiro atoms. The highest BCUT2D eigenvalue weighted by molar-refractivity contribution is 9.10. The second kappa shape index (κ2) is 5.57. The van der Waals surface area contributed by atoms with Crippen molar-refractivity contribution in [2.45, 2.75) is 13.5 Å². The van der Waals surface area contributed by atoms with E-state index in [-0.39, 0.29) is 5.78 Å². The number of anilines is 1. The second-order valence-corrected chi connectivity index (χ2v) is 5.45. The van der Waals surface area contributed by atoms with Gasteiger partial charge >= 0.3 is 0 Å². The van der Waals surface area contributed by atoms with Gasteiger partial charge in [0.25, 0.3) is 0 Å². The number of benzene rings is 1. The molecule has 0 amide bonds. The summed E-state index contributed by atoms with van der Waals surface area (Å²) in [6, 6.07) is 5.77. The molecule has 0 unspecified atom stereocenters. The summed E-state index contributed by atoms with van der Waals surface area (Å²) < 4.78 is 2.62. The third-order valence-corrected chi connectivity index (χ3v) is 3.61. The van der Waals surface area contributed by atoms with Gasteiger partial charge in [0.05, 0.1) is 6.20 Å². The third kappa shape index (κ3) is 3.23. The molecule has 100 valence electrons. The van der Waals surface area contributed by atoms with Crippen LogP contribution in [0, 0.1) is 0 Å². The average molecular weight is 322 g/mol. The summed E-state index contributed by atoms with van der Waals surface area (Å²) in [5.74, 6) is 0.0633. The maximum atomic E-state index is 11.4. The number of rotatable bonds is 4. The van der Waals surface area contributed by atoms with Crippen LogP contribution in [-0.2, 0) is 13.6 Å². The molecule has 0 saturated heterocycles. The van der Waals surface area contributed by atoms with Gasteiger partial charge in [-0.25, -0.2) is 0 Å². The highest BCUT2D eigenvalue weighted by Crippen LogP contribution is 2.24. The Bertz CT molecular complexity index is 606. The number of carbonyl (C=O) groups excluding carboxylic acids is 1. The molecule has 0 N–H and O–H groups in total. The molecule has 5 heteroatoms. The minimum absolute atomic E-state index is 0.0633. The Hall–Kier alpha value is -1.62. The van der Waals surface area contributed by atoms with Gasteiger partial charge in [0.15, 0.2) is 5.78 Å². The van der Waals surface area contributed by atoms with Gasteiger partial charge in [0.1, 0.15) is 0 Å². The fraction of sp³-hybridized carbons (Fsp3) is 0.286. The zero-order valence-electron chi connectivity index (χ0n) is 11.2. The fourth-order valence-corrected chi connectivity index (χ4v) is 2.59. The Labute approximate surface area is 121 Å². The molecule has 1 aromatic heterocycles. The zero-order chi connectivity index (χ0) is 14.0. The van der Waals surface area contributed by atoms with E-state index in [4.69, 9.17) is 0 Å². The van der Waals surface area contributed by atoms with Crippen LogP contribution in [-0.4, -0.2) is 22.6 Å². The first-order valence-corrected chi connectivity index (χ1v) is 6.76. The quantitative estimate of drug-likeness (QED) is 0.812. The number of aryl methyl sites for hydroxylation is 1. The van der Waals surface area contributed by atoms with Crippen LogP contribution in [0.4, 0.5) is 5.69 Å². The molecular weight excluding hydrogens is 306 g/mol. The number of Topliss-reactive ketones (excluding diaryl/α,β-unsaturated/α-hetero) is 1. The molecule has 19 heavy (non-hydrogen) atoms. The maximum absolute atomic E-state index is 11.4. The number of carbonyl (C=O) groups is 1. The lowest BCUT2D eigenvalue weighted by atomic mass is 10.1. The van der Waals surface area contributed by atoms with Crippen molar-refractivity contribution in [1.29, 1.82) is 0 Å². The molecule has 2 rings (SSSR count). The van der Waals surface area contributed by atoms with Crippen molar-refractivity contribution in [2.75, 3.05) is 11.9 Å². The third-order valence-electron chi connectivity index (χ3n) is 2.95. The Balaban J connectivity index is 2.17. The Morgan fingerprint density at radius 2 is 2.21 bits per heavy atom. The molecule has 0 aliphatic heterocycles. The molecule has 2 aromatic rings. The Kier molecular flexibility index (Phi) is 4.04. The van der Waals surface area contributed by atoms with Crippen LogP contribution < -0.4 is 4.90 Å². The van der Waals surface area contributed by atoms with Gasteiger partial charge in [0, 0.05) is 48.1 Å². The highest BCUT2D eigenvalue weighted by Gasteiger charge is 2.09. The molecule has 1 aromatic carbocycles. The van der Waals surface area contributed by atoms with Crippen molar-refractivity contribution < 1.29 is 4.79 Å². The van der Waals surface area contributed by atoms with E-state index in [1.807, 2.05) is 44.7 Å². The van der Waals surface area contributed by atoms with Crippen LogP contribution in [0.15, 0.2) is 35.1 Å². The van der Waals surface area contributed by atoms with Crippen LogP contribution in [0.1, 0.15) is 22.8 Å². The molecule has 0 saturated carbocycles. The lowest BCUT2D eigenvalue weighted by Crippen LogP contribution is -2.16. The number of nitrogens with zero attached hydrogens (tertiary/aromatic N) is 3. The number of hydrogen-bond acceptors (Lipinski definition) is 3. The summed E-state index contributed by atoms with van der Waals surface area (Å²) >= 11 is 3.44. The average Bonchev–Trinajstić information content (AvgIpc) is 2.74. The summed E-state index contributed by atoms with van der Waals surface area (Å²) in [6.45, 7) is 2.35. The summed E-state index contributed by atoms with van der Waals surface area (Å²) in [7, 11) is 3.92. The molecule has 4 nitrogen and oxygen atoms in total. The van der Waals surface area contributed by atoms with Crippen molar-refractivity contribution in [2.24, 2.45) is 7.05 Å². The lowest BCUT2D eigenvalue weighted by molar-refractivity contribution is 0.101. The largest absolute Gasteiger partial charge is 0.370 e. The van der Waals surface area contributed by atoms with Crippen molar-refractivity contribution in [1.82, 2.24) is 9.78 Å². The van der Waals surface area contributed by atoms with Gasteiger partial charge in [-0.2, -0.15) is 5.10 Å². The maximum Gasteiger partial charge on any atom is 0.160 e. The summed E-state index contributed by atoms with van der Waals surface area (Å²) in [5.41, 5.74) is 2.91. The van der Waals surface area contributed by atoms with E-state index in [0.717, 1.165) is 22.3 Å². The van der Waals surface area contributed by atoms with E-state index in [1.165, 1.54) is 0 Å². The molecule has 0 aliphatic carbocycles. The molecular formula is C14H16BrN3O. The number of aromatic nitrogens is 2. The molecule has 0 aliphatic rings. The van der Waals surface area contributed by atoms with Crippen molar-refractivity contribution in [3.63, 3.8) is 0 Å². The summed E-state index contributed by atoms with van der Waals surface area (Å²) in [4.78, 5) is 13.5. The monoisotopic (exact) mass is 321 g/mol. The summed E-state index contributed by atoms with van der Waals surface area (Å²) in [6.07, 6.45) is 3.85. The molecule has 0 bridgehead atoms. The van der Waals surface area contributed by atoms with Crippen LogP contribution >= 0.6 is 15.9 Å². The Morgan fingerprint density at radius 1 is 1.47 bits per heavy atom. The molecule has 0 atom stereocenters. The fourth-order valence-electron chi connectivity index (χ4n) is 1.95. The van der Waals surface area contributed by atoms with Crippen molar-refractivity contribution in [3.05, 3.63) is 46.2 Å². The number of halogens is 1. The van der Waals surface area contributed by atoms with Gasteiger partial charge in [-0.05, 0) is 41.1 Å². The topological polar surface area (TPSA) is 38.1 Å². The molecule has 0 fully saturated rings. The van der Waals surface area contributed by atoms with Gasteiger partial charge in [0.2, 0.25) is 0 Å². The van der Waals surface area contributed by atoms with Crippen molar-refractivity contribution >= 4 is 27.4 Å². The van der Waals surface area contributed by atoms with E-state index < -0.39 is 0 Å². The molecule has 1 heterocycles. The van der Waals surface area contributed by atoms with Crippen LogP contribution in [0.3, 0.4) is 0 Å². The first-order chi connectivity index (χ1) is 8.97. The zero-order valence-corrected chi connectivity index (χ0v) is 12.8. The van der Waals surface area contributed by atoms with Crippen LogP contribution in [0.25, 0.3) is 0 Å². The predicted octanol–water partition coefficient (Wildman–Crippen LogP) is 3.02. The lowest BCUT2D eigenvalue weighted by Gasteiger charge is -2.19. The SMILES string of the molecule is CC(=O)c1ccc(N(C)Cc2cnn(C)c2)cc1Br.